The molecule has 0 unspecified atom stereocenters. The van der Waals surface area contributed by atoms with Crippen LogP contribution in [0.25, 0.3) is 0 Å². The van der Waals surface area contributed by atoms with Crippen LogP contribution in [-0.4, -0.2) is 64.2 Å². The van der Waals surface area contributed by atoms with Crippen molar-refractivity contribution in [2.24, 2.45) is 0 Å². The van der Waals surface area contributed by atoms with Gasteiger partial charge in [-0.3, -0.25) is 13.9 Å². The third-order valence-electron chi connectivity index (χ3n) is 5.76. The molecule has 0 aliphatic rings. The van der Waals surface area contributed by atoms with Crippen molar-refractivity contribution in [1.82, 2.24) is 10.2 Å². The number of ether oxygens (including phenoxy) is 1. The first-order valence-electron chi connectivity index (χ1n) is 11.8. The van der Waals surface area contributed by atoms with Crippen molar-refractivity contribution >= 4 is 27.5 Å². The summed E-state index contributed by atoms with van der Waals surface area (Å²) in [6.07, 6.45) is 3.36. The van der Waals surface area contributed by atoms with E-state index in [1.165, 1.54) is 12.0 Å². The Labute approximate surface area is 209 Å². The molecule has 35 heavy (non-hydrogen) atoms. The standard InChI is InChI=1S/C26H37N3O5S/c1-6-7-16-27-26(31)21(3)28(17-15-22-11-9-8-10-12-22)25(30)19-29(35(5,32)33)23-18-20(2)13-14-24(23)34-4/h8-14,18,21H,6-7,15-17,19H2,1-5H3,(H,27,31)/t21-/m0/s1. The van der Waals surface area contributed by atoms with Gasteiger partial charge in [-0.05, 0) is 49.9 Å². The zero-order valence-electron chi connectivity index (χ0n) is 21.3. The number of aryl methyl sites for hydroxylation is 1. The maximum absolute atomic E-state index is 13.6. The summed E-state index contributed by atoms with van der Waals surface area (Å²) in [7, 11) is -2.37. The van der Waals surface area contributed by atoms with Crippen molar-refractivity contribution in [3.8, 4) is 5.75 Å². The van der Waals surface area contributed by atoms with Crippen LogP contribution in [0.3, 0.4) is 0 Å². The Hall–Kier alpha value is -3.07. The SMILES string of the molecule is CCCCNC(=O)[C@H](C)N(CCc1ccccc1)C(=O)CN(c1cc(C)ccc1OC)S(C)(=O)=O. The molecule has 8 nitrogen and oxygen atoms in total. The van der Waals surface area contributed by atoms with E-state index in [0.717, 1.165) is 34.5 Å². The summed E-state index contributed by atoms with van der Waals surface area (Å²) < 4.78 is 31.9. The molecule has 0 aliphatic carbocycles. The van der Waals surface area contributed by atoms with E-state index >= 15 is 0 Å². The van der Waals surface area contributed by atoms with Gasteiger partial charge in [0, 0.05) is 13.1 Å². The zero-order chi connectivity index (χ0) is 26.0. The van der Waals surface area contributed by atoms with E-state index < -0.39 is 28.5 Å². The molecule has 0 saturated heterocycles. The lowest BCUT2D eigenvalue weighted by atomic mass is 10.1. The van der Waals surface area contributed by atoms with E-state index in [4.69, 9.17) is 4.74 Å². The van der Waals surface area contributed by atoms with Crippen molar-refractivity contribution in [2.75, 3.05) is 37.3 Å². The van der Waals surface area contributed by atoms with Crippen LogP contribution in [0.1, 0.15) is 37.8 Å². The van der Waals surface area contributed by atoms with E-state index in [-0.39, 0.29) is 18.1 Å². The lowest BCUT2D eigenvalue weighted by molar-refractivity contribution is -0.138. The summed E-state index contributed by atoms with van der Waals surface area (Å²) >= 11 is 0. The molecule has 0 heterocycles. The van der Waals surface area contributed by atoms with Crippen LogP contribution in [0.4, 0.5) is 5.69 Å². The van der Waals surface area contributed by atoms with Gasteiger partial charge >= 0.3 is 0 Å². The van der Waals surface area contributed by atoms with Gasteiger partial charge in [0.15, 0.2) is 0 Å². The monoisotopic (exact) mass is 503 g/mol. The van der Waals surface area contributed by atoms with Crippen LogP contribution in [0, 0.1) is 6.92 Å². The number of nitrogens with zero attached hydrogens (tertiary/aromatic N) is 2. The number of carbonyl (C=O) groups is 2. The highest BCUT2D eigenvalue weighted by molar-refractivity contribution is 7.92. The lowest BCUT2D eigenvalue weighted by Crippen LogP contribution is -2.52. The number of benzene rings is 2. The molecule has 0 aliphatic heterocycles. The Morgan fingerprint density at radius 1 is 1.11 bits per heavy atom. The highest BCUT2D eigenvalue weighted by atomic mass is 32.2. The fourth-order valence-corrected chi connectivity index (χ4v) is 4.54. The summed E-state index contributed by atoms with van der Waals surface area (Å²) in [6.45, 7) is 5.89. The van der Waals surface area contributed by atoms with Gasteiger partial charge in [0.25, 0.3) is 0 Å². The normalized spacial score (nSPS) is 12.0. The van der Waals surface area contributed by atoms with Crippen molar-refractivity contribution in [3.63, 3.8) is 0 Å². The number of hydrogen-bond acceptors (Lipinski definition) is 5. The minimum absolute atomic E-state index is 0.265. The predicted molar refractivity (Wildman–Crippen MR) is 139 cm³/mol. The fourth-order valence-electron chi connectivity index (χ4n) is 3.70. The number of anilines is 1. The number of carbonyl (C=O) groups excluding carboxylic acids is 2. The zero-order valence-corrected chi connectivity index (χ0v) is 22.1. The van der Waals surface area contributed by atoms with Gasteiger partial charge in [-0.1, -0.05) is 49.7 Å². The van der Waals surface area contributed by atoms with Gasteiger partial charge in [-0.25, -0.2) is 8.42 Å². The van der Waals surface area contributed by atoms with E-state index in [9.17, 15) is 18.0 Å². The first kappa shape index (κ1) is 28.2. The van der Waals surface area contributed by atoms with Crippen LogP contribution in [0.15, 0.2) is 48.5 Å². The first-order valence-corrected chi connectivity index (χ1v) is 13.7. The van der Waals surface area contributed by atoms with Gasteiger partial charge in [0.05, 0.1) is 19.1 Å². The van der Waals surface area contributed by atoms with Gasteiger partial charge in [-0.15, -0.1) is 0 Å². The van der Waals surface area contributed by atoms with Gasteiger partial charge < -0.3 is 15.0 Å². The van der Waals surface area contributed by atoms with Crippen LogP contribution in [0.5, 0.6) is 5.75 Å². The molecule has 0 aromatic heterocycles. The van der Waals surface area contributed by atoms with Crippen molar-refractivity contribution in [1.29, 1.82) is 0 Å². The summed E-state index contributed by atoms with van der Waals surface area (Å²) in [5.74, 6) is -0.387. The molecule has 0 radical (unpaired) electrons. The third-order valence-corrected chi connectivity index (χ3v) is 6.89. The molecule has 2 aromatic carbocycles. The molecule has 192 valence electrons. The number of methoxy groups -OCH3 is 1. The van der Waals surface area contributed by atoms with Gasteiger partial charge in [0.1, 0.15) is 18.3 Å². The quantitative estimate of drug-likeness (QED) is 0.424. The molecule has 0 spiro atoms. The third kappa shape index (κ3) is 8.28. The van der Waals surface area contributed by atoms with Crippen LogP contribution < -0.4 is 14.4 Å². The van der Waals surface area contributed by atoms with E-state index in [1.54, 1.807) is 25.1 Å². The molecule has 1 N–H and O–H groups in total. The molecule has 0 fully saturated rings. The van der Waals surface area contributed by atoms with Crippen molar-refractivity contribution in [2.45, 2.75) is 46.1 Å². The number of nitrogens with one attached hydrogen (secondary N) is 1. The molecule has 0 saturated carbocycles. The van der Waals surface area contributed by atoms with Crippen molar-refractivity contribution in [3.05, 3.63) is 59.7 Å². The minimum Gasteiger partial charge on any atom is -0.495 e. The van der Waals surface area contributed by atoms with Crippen LogP contribution in [-0.2, 0) is 26.0 Å². The summed E-state index contributed by atoms with van der Waals surface area (Å²) in [5, 5.41) is 2.87. The Kier molecular flexibility index (Phi) is 10.6. The second-order valence-corrected chi connectivity index (χ2v) is 10.5. The highest BCUT2D eigenvalue weighted by Gasteiger charge is 2.30. The second-order valence-electron chi connectivity index (χ2n) is 8.59. The summed E-state index contributed by atoms with van der Waals surface area (Å²) in [5.41, 5.74) is 2.13. The fraction of sp³-hybridized carbons (Fsp3) is 0.462. The second kappa shape index (κ2) is 13.1. The lowest BCUT2D eigenvalue weighted by Gasteiger charge is -2.32. The number of rotatable bonds is 13. The molecule has 1 atom stereocenters. The topological polar surface area (TPSA) is 96.0 Å². The average Bonchev–Trinajstić information content (AvgIpc) is 2.82. The minimum atomic E-state index is -3.82. The molecular weight excluding hydrogens is 466 g/mol. The van der Waals surface area contributed by atoms with Gasteiger partial charge in [-0.2, -0.15) is 0 Å². The predicted octanol–water partition coefficient (Wildman–Crippen LogP) is 3.15. The Balaban J connectivity index is 2.34. The molecule has 0 bridgehead atoms. The molecule has 2 aromatic rings. The highest BCUT2D eigenvalue weighted by Crippen LogP contribution is 2.31. The first-order chi connectivity index (χ1) is 16.6. The number of unbranched alkanes of at least 4 members (excludes halogenated alkanes) is 1. The Morgan fingerprint density at radius 3 is 2.40 bits per heavy atom. The Morgan fingerprint density at radius 2 is 1.80 bits per heavy atom. The van der Waals surface area contributed by atoms with Crippen LogP contribution in [0.2, 0.25) is 0 Å². The molecule has 2 amide bonds. The van der Waals surface area contributed by atoms with Gasteiger partial charge in [0.2, 0.25) is 21.8 Å². The molecule has 2 rings (SSSR count). The number of sulfonamides is 1. The maximum Gasteiger partial charge on any atom is 0.244 e. The van der Waals surface area contributed by atoms with Crippen LogP contribution >= 0.6 is 0 Å². The average molecular weight is 504 g/mol. The smallest absolute Gasteiger partial charge is 0.244 e. The molecule has 9 heteroatoms. The Bertz CT molecular complexity index is 1090. The van der Waals surface area contributed by atoms with E-state index in [2.05, 4.69) is 5.32 Å². The largest absolute Gasteiger partial charge is 0.495 e. The number of hydrogen-bond donors (Lipinski definition) is 1. The molecular formula is C26H37N3O5S. The van der Waals surface area contributed by atoms with E-state index in [1.807, 2.05) is 44.2 Å². The maximum atomic E-state index is 13.6. The summed E-state index contributed by atoms with van der Waals surface area (Å²) in [6, 6.07) is 14.0. The van der Waals surface area contributed by atoms with Crippen molar-refractivity contribution < 1.29 is 22.7 Å². The summed E-state index contributed by atoms with van der Waals surface area (Å²) in [4.78, 5) is 27.8. The van der Waals surface area contributed by atoms with E-state index in [0.29, 0.717) is 18.7 Å². The number of amides is 2.